The maximum Gasteiger partial charge on any atom is 0.416 e. The Morgan fingerprint density at radius 1 is 1.09 bits per heavy atom. The molecule has 1 radical (unpaired) electrons. The lowest BCUT2D eigenvalue weighted by Crippen LogP contribution is -2.07. The highest BCUT2D eigenvalue weighted by atomic mass is 32.2. The number of alkyl halides is 3. The van der Waals surface area contributed by atoms with Crippen LogP contribution < -0.4 is 0 Å². The molecular formula is C19H20F3S. The van der Waals surface area contributed by atoms with Crippen molar-refractivity contribution in [2.24, 2.45) is 5.92 Å². The Morgan fingerprint density at radius 3 is 2.43 bits per heavy atom. The van der Waals surface area contributed by atoms with E-state index in [2.05, 4.69) is 19.9 Å². The Balaban J connectivity index is 2.30. The minimum absolute atomic E-state index is 0.103. The zero-order chi connectivity index (χ0) is 16.9. The predicted octanol–water partition coefficient (Wildman–Crippen LogP) is 6.37. The van der Waals surface area contributed by atoms with E-state index in [1.807, 2.05) is 18.2 Å². The van der Waals surface area contributed by atoms with E-state index in [9.17, 15) is 13.2 Å². The van der Waals surface area contributed by atoms with E-state index in [0.29, 0.717) is 11.5 Å². The Morgan fingerprint density at radius 2 is 1.83 bits per heavy atom. The first-order valence-corrected chi connectivity index (χ1v) is 8.67. The predicted molar refractivity (Wildman–Crippen MR) is 90.5 cm³/mol. The zero-order valence-corrected chi connectivity index (χ0v) is 14.0. The highest BCUT2D eigenvalue weighted by Gasteiger charge is 2.31. The van der Waals surface area contributed by atoms with Gasteiger partial charge in [0.15, 0.2) is 0 Å². The second-order valence-corrected chi connectivity index (χ2v) is 7.11. The summed E-state index contributed by atoms with van der Waals surface area (Å²) in [6, 6.07) is 16.1. The minimum atomic E-state index is -4.31. The van der Waals surface area contributed by atoms with Gasteiger partial charge >= 0.3 is 6.18 Å². The fourth-order valence-corrected chi connectivity index (χ4v) is 3.78. The van der Waals surface area contributed by atoms with Crippen LogP contribution in [0.1, 0.15) is 42.2 Å². The van der Waals surface area contributed by atoms with Crippen molar-refractivity contribution in [3.05, 3.63) is 71.3 Å². The van der Waals surface area contributed by atoms with Crippen LogP contribution in [0.25, 0.3) is 0 Å². The Labute approximate surface area is 140 Å². The summed E-state index contributed by atoms with van der Waals surface area (Å²) in [5.74, 6) is 1.49. The summed E-state index contributed by atoms with van der Waals surface area (Å²) in [7, 11) is 0. The smallest absolute Gasteiger partial charge is 0.166 e. The van der Waals surface area contributed by atoms with Crippen molar-refractivity contribution in [1.82, 2.24) is 0 Å². The van der Waals surface area contributed by atoms with Crippen molar-refractivity contribution in [1.29, 1.82) is 0 Å². The molecule has 0 N–H and O–H groups in total. The Bertz CT molecular complexity index is 606. The van der Waals surface area contributed by atoms with Crippen molar-refractivity contribution in [3.63, 3.8) is 0 Å². The molecule has 0 amide bonds. The molecular weight excluding hydrogens is 317 g/mol. The van der Waals surface area contributed by atoms with Crippen molar-refractivity contribution < 1.29 is 13.2 Å². The highest BCUT2D eigenvalue weighted by molar-refractivity contribution is 7.99. The molecule has 2 rings (SSSR count). The van der Waals surface area contributed by atoms with Gasteiger partial charge < -0.3 is 0 Å². The average Bonchev–Trinajstić information content (AvgIpc) is 2.51. The molecule has 0 aliphatic heterocycles. The first kappa shape index (κ1) is 17.9. The molecule has 2 aromatic carbocycles. The molecule has 0 aromatic heterocycles. The fraction of sp³-hybridized carbons (Fsp3) is 0.368. The van der Waals surface area contributed by atoms with Gasteiger partial charge in [-0.1, -0.05) is 50.2 Å². The molecule has 4 heteroatoms. The standard InChI is InChI=1S/C19H20F3S/c1-14(2)11-12-23-18(15-7-4-3-5-8-15)16-9-6-10-17(13-16)19(20,21)22/h3-4,6-10,13-14,18H,11-12H2,1-2H3. The fourth-order valence-electron chi connectivity index (χ4n) is 2.25. The van der Waals surface area contributed by atoms with Crippen molar-refractivity contribution in [2.45, 2.75) is 31.7 Å². The molecule has 0 saturated heterocycles. The van der Waals surface area contributed by atoms with E-state index >= 15 is 0 Å². The van der Waals surface area contributed by atoms with Crippen LogP contribution in [0, 0.1) is 12.0 Å². The number of benzene rings is 2. The molecule has 0 spiro atoms. The normalized spacial score (nSPS) is 13.3. The van der Waals surface area contributed by atoms with Gasteiger partial charge in [0.2, 0.25) is 0 Å². The quantitative estimate of drug-likeness (QED) is 0.590. The molecule has 0 fully saturated rings. The summed E-state index contributed by atoms with van der Waals surface area (Å²) in [6.45, 7) is 4.30. The van der Waals surface area contributed by atoms with E-state index < -0.39 is 11.7 Å². The van der Waals surface area contributed by atoms with Gasteiger partial charge in [0, 0.05) is 0 Å². The number of hydrogen-bond acceptors (Lipinski definition) is 1. The van der Waals surface area contributed by atoms with Gasteiger partial charge in [0.1, 0.15) is 0 Å². The molecule has 0 bridgehead atoms. The molecule has 0 saturated carbocycles. The third kappa shape index (κ3) is 5.31. The maximum atomic E-state index is 13.0. The van der Waals surface area contributed by atoms with Crippen molar-refractivity contribution in [2.75, 3.05) is 5.75 Å². The minimum Gasteiger partial charge on any atom is -0.166 e. The summed E-state index contributed by atoms with van der Waals surface area (Å²) >= 11 is 1.69. The molecule has 0 aliphatic rings. The molecule has 0 heterocycles. The van der Waals surface area contributed by atoms with Gasteiger partial charge in [-0.25, -0.2) is 0 Å². The van der Waals surface area contributed by atoms with Crippen LogP contribution >= 0.6 is 11.8 Å². The second-order valence-electron chi connectivity index (χ2n) is 5.89. The molecule has 1 unspecified atom stereocenters. The third-order valence-corrected chi connectivity index (χ3v) is 4.88. The van der Waals surface area contributed by atoms with Gasteiger partial charge in [-0.05, 0) is 47.4 Å². The summed E-state index contributed by atoms with van der Waals surface area (Å²) in [4.78, 5) is 0. The van der Waals surface area contributed by atoms with E-state index in [0.717, 1.165) is 23.8 Å². The van der Waals surface area contributed by atoms with Crippen LogP contribution in [0.4, 0.5) is 13.2 Å². The van der Waals surface area contributed by atoms with Crippen molar-refractivity contribution >= 4 is 11.8 Å². The Kier molecular flexibility index (Phi) is 6.17. The van der Waals surface area contributed by atoms with Crippen LogP contribution in [0.3, 0.4) is 0 Å². The van der Waals surface area contributed by atoms with Crippen LogP contribution in [-0.2, 0) is 6.18 Å². The Hall–Kier alpha value is -1.42. The summed E-state index contributed by atoms with van der Waals surface area (Å²) in [5.41, 5.74) is 1.08. The zero-order valence-electron chi connectivity index (χ0n) is 13.2. The summed E-state index contributed by atoms with van der Waals surface area (Å²) in [6.07, 6.45) is -3.28. The van der Waals surface area contributed by atoms with Crippen LogP contribution in [0.2, 0.25) is 0 Å². The summed E-state index contributed by atoms with van der Waals surface area (Å²) in [5, 5.41) is -0.103. The lowest BCUT2D eigenvalue weighted by atomic mass is 10.0. The second kappa shape index (κ2) is 7.91. The number of hydrogen-bond donors (Lipinski definition) is 0. The highest BCUT2D eigenvalue weighted by Crippen LogP contribution is 2.38. The third-order valence-electron chi connectivity index (χ3n) is 3.53. The maximum absolute atomic E-state index is 13.0. The average molecular weight is 337 g/mol. The number of thioether (sulfide) groups is 1. The molecule has 23 heavy (non-hydrogen) atoms. The molecule has 2 aromatic rings. The topological polar surface area (TPSA) is 0 Å². The molecule has 123 valence electrons. The van der Waals surface area contributed by atoms with Crippen LogP contribution in [0.15, 0.2) is 48.5 Å². The number of rotatable bonds is 6. The van der Waals surface area contributed by atoms with E-state index in [-0.39, 0.29) is 5.25 Å². The van der Waals surface area contributed by atoms with E-state index in [4.69, 9.17) is 0 Å². The van der Waals surface area contributed by atoms with Gasteiger partial charge in [-0.2, -0.15) is 13.2 Å². The van der Waals surface area contributed by atoms with E-state index in [1.165, 1.54) is 12.1 Å². The van der Waals surface area contributed by atoms with Gasteiger partial charge in [-0.15, -0.1) is 11.8 Å². The first-order chi connectivity index (χ1) is 10.9. The largest absolute Gasteiger partial charge is 0.416 e. The SMILES string of the molecule is CC(C)CCSC(c1c[c]ccc1)c1cccc(C(F)(F)F)c1. The molecule has 0 aliphatic carbocycles. The van der Waals surface area contributed by atoms with E-state index in [1.54, 1.807) is 23.9 Å². The lowest BCUT2D eigenvalue weighted by Gasteiger charge is -2.19. The van der Waals surface area contributed by atoms with Gasteiger partial charge in [0.05, 0.1) is 10.8 Å². The molecule has 1 atom stereocenters. The van der Waals surface area contributed by atoms with Gasteiger partial charge in [0.25, 0.3) is 0 Å². The number of halogens is 3. The monoisotopic (exact) mass is 337 g/mol. The van der Waals surface area contributed by atoms with Crippen LogP contribution in [-0.4, -0.2) is 5.75 Å². The molecule has 0 nitrogen and oxygen atoms in total. The van der Waals surface area contributed by atoms with Crippen molar-refractivity contribution in [3.8, 4) is 0 Å². The lowest BCUT2D eigenvalue weighted by molar-refractivity contribution is -0.137. The van der Waals surface area contributed by atoms with Gasteiger partial charge in [-0.3, -0.25) is 0 Å². The summed E-state index contributed by atoms with van der Waals surface area (Å²) < 4.78 is 38.9. The first-order valence-electron chi connectivity index (χ1n) is 7.62. The van der Waals surface area contributed by atoms with Crippen LogP contribution in [0.5, 0.6) is 0 Å².